The van der Waals surface area contributed by atoms with Gasteiger partial charge in [-0.1, -0.05) is 6.07 Å². The van der Waals surface area contributed by atoms with E-state index in [1.54, 1.807) is 45.0 Å². The minimum Gasteiger partial charge on any atom is -0.489 e. The summed E-state index contributed by atoms with van der Waals surface area (Å²) < 4.78 is 54.9. The summed E-state index contributed by atoms with van der Waals surface area (Å²) in [6.45, 7) is 4.73. The number of ether oxygens (including phenoxy) is 3. The Labute approximate surface area is 178 Å². The summed E-state index contributed by atoms with van der Waals surface area (Å²) in [7, 11) is 2.81. The molecule has 2 aromatic rings. The van der Waals surface area contributed by atoms with Crippen molar-refractivity contribution in [2.45, 2.75) is 39.2 Å². The van der Waals surface area contributed by atoms with Crippen molar-refractivity contribution in [1.29, 1.82) is 0 Å². The van der Waals surface area contributed by atoms with E-state index in [-0.39, 0.29) is 17.7 Å². The molecule has 0 fully saturated rings. The van der Waals surface area contributed by atoms with E-state index >= 15 is 0 Å². The normalized spacial score (nSPS) is 11.6. The lowest BCUT2D eigenvalue weighted by atomic mass is 10.0. The molecule has 0 saturated heterocycles. The average Bonchev–Trinajstić information content (AvgIpc) is 2.69. The van der Waals surface area contributed by atoms with Crippen LogP contribution in [0.2, 0.25) is 0 Å². The van der Waals surface area contributed by atoms with Crippen LogP contribution in [0.5, 0.6) is 5.75 Å². The fourth-order valence-electron chi connectivity index (χ4n) is 2.57. The molecule has 0 aliphatic rings. The van der Waals surface area contributed by atoms with Gasteiger partial charge in [-0.25, -0.2) is 9.59 Å². The maximum absolute atomic E-state index is 13.1. The molecule has 31 heavy (non-hydrogen) atoms. The molecule has 9 heteroatoms. The molecule has 0 aliphatic heterocycles. The summed E-state index contributed by atoms with van der Waals surface area (Å²) in [5.74, 6) is -0.468. The smallest absolute Gasteiger partial charge is 0.416 e. The molecule has 0 atom stereocenters. The molecular weight excluding hydrogens is 415 g/mol. The van der Waals surface area contributed by atoms with Gasteiger partial charge in [0, 0.05) is 18.3 Å². The molecular formula is C22H24F3NO5. The maximum Gasteiger partial charge on any atom is 0.416 e. The van der Waals surface area contributed by atoms with Gasteiger partial charge in [0.15, 0.2) is 0 Å². The van der Waals surface area contributed by atoms with E-state index in [1.165, 1.54) is 25.1 Å². The lowest BCUT2D eigenvalue weighted by Gasteiger charge is -2.21. The van der Waals surface area contributed by atoms with Crippen LogP contribution in [0.3, 0.4) is 0 Å². The van der Waals surface area contributed by atoms with Crippen molar-refractivity contribution < 1.29 is 37.0 Å². The molecule has 0 aromatic heterocycles. The van der Waals surface area contributed by atoms with Crippen LogP contribution >= 0.6 is 0 Å². The van der Waals surface area contributed by atoms with Crippen molar-refractivity contribution >= 4 is 17.7 Å². The number of alkyl halides is 3. The van der Waals surface area contributed by atoms with Crippen molar-refractivity contribution in [2.75, 3.05) is 19.1 Å². The number of benzene rings is 2. The molecule has 6 nitrogen and oxygen atoms in total. The number of rotatable bonds is 5. The van der Waals surface area contributed by atoms with E-state index in [2.05, 4.69) is 4.74 Å². The molecule has 0 heterocycles. The van der Waals surface area contributed by atoms with Crippen molar-refractivity contribution in [1.82, 2.24) is 0 Å². The van der Waals surface area contributed by atoms with Crippen LogP contribution in [0.1, 0.15) is 42.3 Å². The number of hydrogen-bond donors (Lipinski definition) is 0. The van der Waals surface area contributed by atoms with E-state index in [0.29, 0.717) is 11.4 Å². The maximum atomic E-state index is 13.1. The van der Waals surface area contributed by atoms with Crippen molar-refractivity contribution in [2.24, 2.45) is 0 Å². The van der Waals surface area contributed by atoms with Gasteiger partial charge in [0.25, 0.3) is 0 Å². The zero-order valence-corrected chi connectivity index (χ0v) is 17.9. The van der Waals surface area contributed by atoms with Crippen molar-refractivity contribution in [3.05, 3.63) is 59.2 Å². The molecule has 1 amide bonds. The monoisotopic (exact) mass is 439 g/mol. The predicted molar refractivity (Wildman–Crippen MR) is 108 cm³/mol. The highest BCUT2D eigenvalue weighted by atomic mass is 19.4. The minimum absolute atomic E-state index is 0.154. The van der Waals surface area contributed by atoms with Crippen LogP contribution in [0, 0.1) is 0 Å². The van der Waals surface area contributed by atoms with E-state index in [4.69, 9.17) is 9.47 Å². The molecule has 0 N–H and O–H groups in total. The summed E-state index contributed by atoms with van der Waals surface area (Å²) in [6.07, 6.45) is -5.14. The first-order valence-corrected chi connectivity index (χ1v) is 9.30. The highest BCUT2D eigenvalue weighted by Crippen LogP contribution is 2.31. The SMILES string of the molecule is COC(=O)N(C)c1ccc(OCc2ccc(C(F)(F)F)cc2C(=O)OC(C)(C)C)cc1. The second-order valence-corrected chi connectivity index (χ2v) is 7.68. The van der Waals surface area contributed by atoms with Crippen LogP contribution < -0.4 is 9.64 Å². The van der Waals surface area contributed by atoms with Gasteiger partial charge >= 0.3 is 18.2 Å². The van der Waals surface area contributed by atoms with Crippen LogP contribution in [-0.4, -0.2) is 31.8 Å². The van der Waals surface area contributed by atoms with Gasteiger partial charge in [-0.2, -0.15) is 13.2 Å². The molecule has 0 aliphatic carbocycles. The van der Waals surface area contributed by atoms with Gasteiger partial charge < -0.3 is 14.2 Å². The molecule has 0 spiro atoms. The third-order valence-corrected chi connectivity index (χ3v) is 4.12. The number of nitrogens with zero attached hydrogens (tertiary/aromatic N) is 1. The quantitative estimate of drug-likeness (QED) is 0.581. The summed E-state index contributed by atoms with van der Waals surface area (Å²) in [4.78, 5) is 25.3. The molecule has 2 rings (SSSR count). The minimum atomic E-state index is -4.60. The zero-order chi connectivity index (χ0) is 23.4. The first-order chi connectivity index (χ1) is 14.3. The number of esters is 1. The highest BCUT2D eigenvalue weighted by Gasteiger charge is 2.32. The predicted octanol–water partition coefficient (Wildman–Crippen LogP) is 5.44. The zero-order valence-electron chi connectivity index (χ0n) is 17.9. The third-order valence-electron chi connectivity index (χ3n) is 4.12. The Bertz CT molecular complexity index is 934. The molecule has 168 valence electrons. The Morgan fingerprint density at radius 3 is 2.13 bits per heavy atom. The van der Waals surface area contributed by atoms with Gasteiger partial charge in [0.05, 0.1) is 18.2 Å². The van der Waals surface area contributed by atoms with Gasteiger partial charge in [-0.05, 0) is 57.2 Å². The number of hydrogen-bond acceptors (Lipinski definition) is 5. The highest BCUT2D eigenvalue weighted by molar-refractivity contribution is 5.91. The average molecular weight is 439 g/mol. The molecule has 2 aromatic carbocycles. The van der Waals surface area contributed by atoms with Gasteiger partial charge in [0.1, 0.15) is 18.0 Å². The first-order valence-electron chi connectivity index (χ1n) is 9.30. The molecule has 0 radical (unpaired) electrons. The number of halogens is 3. The Hall–Kier alpha value is -3.23. The van der Waals surface area contributed by atoms with Crippen molar-refractivity contribution in [3.8, 4) is 5.75 Å². The summed E-state index contributed by atoms with van der Waals surface area (Å²) in [5, 5.41) is 0. The second-order valence-electron chi connectivity index (χ2n) is 7.68. The lowest BCUT2D eigenvalue weighted by molar-refractivity contribution is -0.137. The van der Waals surface area contributed by atoms with E-state index < -0.39 is 29.4 Å². The standard InChI is InChI=1S/C22H24F3NO5/c1-21(2,3)31-19(27)18-12-15(22(23,24)25)7-6-14(18)13-30-17-10-8-16(9-11-17)26(4)20(28)29-5/h6-12H,13H2,1-5H3. The van der Waals surface area contributed by atoms with E-state index in [1.807, 2.05) is 0 Å². The summed E-state index contributed by atoms with van der Waals surface area (Å²) in [5.41, 5.74) is -1.23. The fraction of sp³-hybridized carbons (Fsp3) is 0.364. The summed E-state index contributed by atoms with van der Waals surface area (Å²) in [6, 6.07) is 9.27. The van der Waals surface area contributed by atoms with Gasteiger partial charge in [-0.3, -0.25) is 4.90 Å². The van der Waals surface area contributed by atoms with Crippen molar-refractivity contribution in [3.63, 3.8) is 0 Å². The Balaban J connectivity index is 2.24. The van der Waals surface area contributed by atoms with Crippen LogP contribution in [0.15, 0.2) is 42.5 Å². The Morgan fingerprint density at radius 2 is 1.61 bits per heavy atom. The van der Waals surface area contributed by atoms with E-state index in [0.717, 1.165) is 12.1 Å². The summed E-state index contributed by atoms with van der Waals surface area (Å²) >= 11 is 0. The number of carbonyl (C=O) groups is 2. The first kappa shape index (κ1) is 24.0. The molecule has 0 unspecified atom stereocenters. The van der Waals surface area contributed by atoms with Gasteiger partial charge in [-0.15, -0.1) is 0 Å². The largest absolute Gasteiger partial charge is 0.489 e. The lowest BCUT2D eigenvalue weighted by Crippen LogP contribution is -2.25. The second kappa shape index (κ2) is 9.28. The topological polar surface area (TPSA) is 65.1 Å². The number of carbonyl (C=O) groups excluding carboxylic acids is 2. The number of amides is 1. The van der Waals surface area contributed by atoms with Crippen LogP contribution in [0.25, 0.3) is 0 Å². The van der Waals surface area contributed by atoms with Gasteiger partial charge in [0.2, 0.25) is 0 Å². The Kier molecular flexibility index (Phi) is 7.20. The van der Waals surface area contributed by atoms with Crippen LogP contribution in [-0.2, 0) is 22.3 Å². The van der Waals surface area contributed by atoms with Crippen LogP contribution in [0.4, 0.5) is 23.7 Å². The van der Waals surface area contributed by atoms with E-state index in [9.17, 15) is 22.8 Å². The molecule has 0 bridgehead atoms. The third kappa shape index (κ3) is 6.63. The number of methoxy groups -OCH3 is 1. The Morgan fingerprint density at radius 1 is 1.00 bits per heavy atom. The number of anilines is 1. The fourth-order valence-corrected chi connectivity index (χ4v) is 2.57. The molecule has 0 saturated carbocycles.